The largest absolute Gasteiger partial charge is 0.309 e. The van der Waals surface area contributed by atoms with Crippen LogP contribution in [-0.2, 0) is 5.41 Å². The summed E-state index contributed by atoms with van der Waals surface area (Å²) in [6.07, 6.45) is 0. The average Bonchev–Trinajstić information content (AvgIpc) is 3.74. The van der Waals surface area contributed by atoms with E-state index in [0.29, 0.717) is 0 Å². The van der Waals surface area contributed by atoms with Crippen LogP contribution in [0.2, 0.25) is 0 Å². The Bertz CT molecular complexity index is 3130. The predicted molar refractivity (Wildman–Crippen MR) is 243 cm³/mol. The molecule has 1 aliphatic carbocycles. The van der Waals surface area contributed by atoms with Gasteiger partial charge in [-0.1, -0.05) is 178 Å². The molecule has 2 heteroatoms. The molecule has 0 N–H and O–H groups in total. The number of hydrogen-bond acceptors (Lipinski definition) is 1. The van der Waals surface area contributed by atoms with Gasteiger partial charge in [-0.15, -0.1) is 0 Å². The van der Waals surface area contributed by atoms with E-state index in [1.54, 1.807) is 0 Å². The minimum absolute atomic E-state index is 0.0627. The average molecular weight is 741 g/mol. The highest BCUT2D eigenvalue weighted by Crippen LogP contribution is 2.50. The van der Waals surface area contributed by atoms with Crippen molar-refractivity contribution in [3.63, 3.8) is 0 Å². The van der Waals surface area contributed by atoms with Gasteiger partial charge in [0.2, 0.25) is 0 Å². The smallest absolute Gasteiger partial charge is 0.0716 e. The summed E-state index contributed by atoms with van der Waals surface area (Å²) in [6, 6.07) is 74.9. The van der Waals surface area contributed by atoms with Crippen molar-refractivity contribution in [2.24, 2.45) is 0 Å². The molecule has 8 aromatic carbocycles. The highest BCUT2D eigenvalue weighted by molar-refractivity contribution is 6.10. The van der Waals surface area contributed by atoms with Gasteiger partial charge in [-0.2, -0.15) is 0 Å². The topological polar surface area (TPSA) is 17.8 Å². The Morgan fingerprint density at radius 1 is 0.345 bits per heavy atom. The molecule has 0 fully saturated rings. The van der Waals surface area contributed by atoms with Crippen LogP contribution in [-0.4, -0.2) is 9.55 Å². The highest BCUT2D eigenvalue weighted by atomic mass is 15.0. The fourth-order valence-electron chi connectivity index (χ4n) is 9.31. The van der Waals surface area contributed by atoms with Crippen molar-refractivity contribution in [1.29, 1.82) is 0 Å². The third kappa shape index (κ3) is 5.52. The minimum Gasteiger partial charge on any atom is -0.309 e. The number of benzene rings is 8. The van der Waals surface area contributed by atoms with Gasteiger partial charge < -0.3 is 4.57 Å². The first-order valence-electron chi connectivity index (χ1n) is 20.1. The second kappa shape index (κ2) is 13.4. The molecule has 0 amide bonds. The molecule has 10 aromatic rings. The molecule has 0 aliphatic heterocycles. The first-order chi connectivity index (χ1) is 28.5. The van der Waals surface area contributed by atoms with Gasteiger partial charge in [0.15, 0.2) is 0 Å². The van der Waals surface area contributed by atoms with Crippen LogP contribution in [0.4, 0.5) is 0 Å². The van der Waals surface area contributed by atoms with Crippen LogP contribution >= 0.6 is 0 Å². The number of para-hydroxylation sites is 1. The first kappa shape index (κ1) is 34.0. The molecular formula is C56H40N2. The maximum atomic E-state index is 5.27. The van der Waals surface area contributed by atoms with Crippen molar-refractivity contribution in [2.75, 3.05) is 0 Å². The maximum absolute atomic E-state index is 5.27. The normalized spacial score (nSPS) is 12.8. The van der Waals surface area contributed by atoms with E-state index in [1.165, 1.54) is 71.9 Å². The summed E-state index contributed by atoms with van der Waals surface area (Å²) < 4.78 is 2.43. The summed E-state index contributed by atoms with van der Waals surface area (Å²) >= 11 is 0. The lowest BCUT2D eigenvalue weighted by molar-refractivity contribution is 0.660. The fourth-order valence-corrected chi connectivity index (χ4v) is 9.31. The zero-order valence-corrected chi connectivity index (χ0v) is 32.5. The second-order valence-corrected chi connectivity index (χ2v) is 16.0. The summed E-state index contributed by atoms with van der Waals surface area (Å²) in [5, 5.41) is 2.47. The fraction of sp³-hybridized carbons (Fsp3) is 0.0536. The van der Waals surface area contributed by atoms with Gasteiger partial charge in [-0.25, -0.2) is 4.98 Å². The van der Waals surface area contributed by atoms with Crippen LogP contribution < -0.4 is 0 Å². The standard InChI is InChI=1S/C56H40N2/c1-56(2)50-26-13-11-24-46(50)47-30-28-39(33-51(47)56)44-22-9-10-23-45(44)40-29-31-49-48-25-12-14-27-54(48)58(55(49)36-40)43-21-15-20-41(32-43)53-35-42(37-16-5-3-6-17-37)34-52(57-53)38-18-7-4-8-19-38/h3-36H,1-2H3. The lowest BCUT2D eigenvalue weighted by atomic mass is 9.81. The molecule has 1 aliphatic rings. The van der Waals surface area contributed by atoms with E-state index in [0.717, 1.165) is 33.8 Å². The number of pyridine rings is 1. The highest BCUT2D eigenvalue weighted by Gasteiger charge is 2.35. The van der Waals surface area contributed by atoms with Gasteiger partial charge in [0.25, 0.3) is 0 Å². The van der Waals surface area contributed by atoms with Crippen molar-refractivity contribution in [3.05, 3.63) is 217 Å². The Morgan fingerprint density at radius 3 is 1.69 bits per heavy atom. The van der Waals surface area contributed by atoms with Crippen molar-refractivity contribution >= 4 is 21.8 Å². The lowest BCUT2D eigenvalue weighted by Crippen LogP contribution is -2.14. The number of rotatable bonds is 6. The van der Waals surface area contributed by atoms with Gasteiger partial charge in [0.05, 0.1) is 22.4 Å². The number of aromatic nitrogens is 2. The van der Waals surface area contributed by atoms with Crippen LogP contribution in [0.15, 0.2) is 206 Å². The van der Waals surface area contributed by atoms with E-state index in [2.05, 4.69) is 225 Å². The van der Waals surface area contributed by atoms with E-state index in [9.17, 15) is 0 Å². The predicted octanol–water partition coefficient (Wildman–Crippen LogP) is 14.8. The third-order valence-corrected chi connectivity index (χ3v) is 12.2. The third-order valence-electron chi connectivity index (χ3n) is 12.2. The number of nitrogens with zero attached hydrogens (tertiary/aromatic N) is 2. The van der Waals surface area contributed by atoms with E-state index < -0.39 is 0 Å². The minimum atomic E-state index is -0.0627. The zero-order valence-electron chi connectivity index (χ0n) is 32.5. The zero-order chi connectivity index (χ0) is 38.8. The monoisotopic (exact) mass is 740 g/mol. The van der Waals surface area contributed by atoms with Crippen LogP contribution in [0.3, 0.4) is 0 Å². The van der Waals surface area contributed by atoms with Crippen molar-refractivity contribution < 1.29 is 0 Å². The first-order valence-corrected chi connectivity index (χ1v) is 20.1. The molecule has 2 nitrogen and oxygen atoms in total. The molecule has 0 radical (unpaired) electrons. The van der Waals surface area contributed by atoms with Gasteiger partial charge >= 0.3 is 0 Å². The maximum Gasteiger partial charge on any atom is 0.0716 e. The van der Waals surface area contributed by atoms with Gasteiger partial charge in [0.1, 0.15) is 0 Å². The molecule has 2 heterocycles. The van der Waals surface area contributed by atoms with E-state index in [1.807, 2.05) is 0 Å². The Labute approximate surface area is 339 Å². The molecule has 0 bridgehead atoms. The molecular weight excluding hydrogens is 701 g/mol. The molecule has 0 unspecified atom stereocenters. The molecule has 11 rings (SSSR count). The summed E-state index contributed by atoms with van der Waals surface area (Å²) in [4.78, 5) is 5.27. The van der Waals surface area contributed by atoms with Crippen LogP contribution in [0.25, 0.3) is 94.5 Å². The summed E-state index contributed by atoms with van der Waals surface area (Å²) in [5.41, 5.74) is 20.1. The Morgan fingerprint density at radius 2 is 0.914 bits per heavy atom. The number of fused-ring (bicyclic) bond motifs is 6. The molecule has 0 spiro atoms. The van der Waals surface area contributed by atoms with Crippen LogP contribution in [0.5, 0.6) is 0 Å². The molecule has 58 heavy (non-hydrogen) atoms. The van der Waals surface area contributed by atoms with Gasteiger partial charge in [-0.05, 0) is 98.1 Å². The lowest BCUT2D eigenvalue weighted by Gasteiger charge is -2.22. The van der Waals surface area contributed by atoms with E-state index in [4.69, 9.17) is 4.98 Å². The van der Waals surface area contributed by atoms with Crippen molar-refractivity contribution in [2.45, 2.75) is 19.3 Å². The van der Waals surface area contributed by atoms with Crippen LogP contribution in [0.1, 0.15) is 25.0 Å². The molecule has 274 valence electrons. The quantitative estimate of drug-likeness (QED) is 0.166. The Balaban J connectivity index is 1.06. The van der Waals surface area contributed by atoms with Gasteiger partial charge in [-0.3, -0.25) is 0 Å². The van der Waals surface area contributed by atoms with Crippen molar-refractivity contribution in [1.82, 2.24) is 9.55 Å². The van der Waals surface area contributed by atoms with Crippen LogP contribution in [0, 0.1) is 0 Å². The van der Waals surface area contributed by atoms with Crippen molar-refractivity contribution in [3.8, 4) is 72.7 Å². The van der Waals surface area contributed by atoms with E-state index in [-0.39, 0.29) is 5.41 Å². The van der Waals surface area contributed by atoms with E-state index >= 15 is 0 Å². The Kier molecular flexibility index (Phi) is 7.87. The van der Waals surface area contributed by atoms with Gasteiger partial charge in [0, 0.05) is 33.0 Å². The summed E-state index contributed by atoms with van der Waals surface area (Å²) in [7, 11) is 0. The molecule has 0 saturated carbocycles. The summed E-state index contributed by atoms with van der Waals surface area (Å²) in [5.74, 6) is 0. The number of hydrogen-bond donors (Lipinski definition) is 0. The molecule has 2 aromatic heterocycles. The Hall–Kier alpha value is -7.29. The molecule has 0 atom stereocenters. The SMILES string of the molecule is CC1(C)c2ccccc2-c2ccc(-c3ccccc3-c3ccc4c5ccccc5n(-c5cccc(-c6cc(-c7ccccc7)cc(-c7ccccc7)n6)c5)c4c3)cc21. The molecule has 0 saturated heterocycles. The summed E-state index contributed by atoms with van der Waals surface area (Å²) in [6.45, 7) is 4.71. The second-order valence-electron chi connectivity index (χ2n) is 16.0.